The average molecular weight is 333 g/mol. The van der Waals surface area contributed by atoms with Crippen LogP contribution >= 0.6 is 0 Å². The van der Waals surface area contributed by atoms with Crippen molar-refractivity contribution in [2.75, 3.05) is 13.6 Å². The van der Waals surface area contributed by atoms with E-state index in [1.165, 1.54) is 12.1 Å². The van der Waals surface area contributed by atoms with Gasteiger partial charge in [-0.25, -0.2) is 8.78 Å². The molecule has 24 heavy (non-hydrogen) atoms. The summed E-state index contributed by atoms with van der Waals surface area (Å²) < 4.78 is 32.7. The van der Waals surface area contributed by atoms with Gasteiger partial charge in [0, 0.05) is 19.2 Å². The number of aliphatic imine (C=N–C) groups is 1. The van der Waals surface area contributed by atoms with Crippen LogP contribution in [0.1, 0.15) is 12.5 Å². The molecular formula is C18H21F2N3O. The molecule has 2 rings (SSSR count). The van der Waals surface area contributed by atoms with Gasteiger partial charge in [-0.15, -0.1) is 0 Å². The molecule has 2 aromatic rings. The first-order valence-electron chi connectivity index (χ1n) is 7.69. The Morgan fingerprint density at radius 1 is 1.04 bits per heavy atom. The number of para-hydroxylation sites is 1. The molecule has 0 aromatic heterocycles. The first-order chi connectivity index (χ1) is 11.6. The minimum Gasteiger partial charge on any atom is -0.486 e. The molecule has 0 radical (unpaired) electrons. The molecule has 0 aliphatic heterocycles. The Morgan fingerprint density at radius 3 is 2.38 bits per heavy atom. The lowest BCUT2D eigenvalue weighted by Gasteiger charge is -2.18. The Balaban J connectivity index is 1.81. The van der Waals surface area contributed by atoms with Crippen molar-refractivity contribution in [2.45, 2.75) is 19.6 Å². The number of ether oxygens (including phenoxy) is 1. The van der Waals surface area contributed by atoms with Gasteiger partial charge in [-0.3, -0.25) is 4.99 Å². The first kappa shape index (κ1) is 17.7. The van der Waals surface area contributed by atoms with E-state index in [2.05, 4.69) is 15.6 Å². The van der Waals surface area contributed by atoms with Gasteiger partial charge in [-0.05, 0) is 25.1 Å². The number of benzene rings is 2. The van der Waals surface area contributed by atoms with E-state index < -0.39 is 5.82 Å². The molecule has 0 aliphatic carbocycles. The predicted molar refractivity (Wildman–Crippen MR) is 91.1 cm³/mol. The lowest BCUT2D eigenvalue weighted by atomic mass is 10.2. The third-order valence-electron chi connectivity index (χ3n) is 3.35. The maximum Gasteiger partial charge on any atom is 0.191 e. The van der Waals surface area contributed by atoms with Crippen LogP contribution in [0.4, 0.5) is 8.78 Å². The maximum absolute atomic E-state index is 13.6. The number of hydrogen-bond acceptors (Lipinski definition) is 2. The third kappa shape index (κ3) is 5.22. The highest BCUT2D eigenvalue weighted by Gasteiger charge is 2.09. The second-order valence-electron chi connectivity index (χ2n) is 5.26. The van der Waals surface area contributed by atoms with Crippen molar-refractivity contribution < 1.29 is 13.5 Å². The number of hydrogen-bond donors (Lipinski definition) is 2. The molecule has 0 saturated carbocycles. The largest absolute Gasteiger partial charge is 0.486 e. The summed E-state index contributed by atoms with van der Waals surface area (Å²) in [5.74, 6) is 0.0615. The van der Waals surface area contributed by atoms with Gasteiger partial charge in [-0.2, -0.15) is 0 Å². The Hall–Kier alpha value is -2.63. The van der Waals surface area contributed by atoms with Gasteiger partial charge in [0.25, 0.3) is 0 Å². The molecule has 1 unspecified atom stereocenters. The fourth-order valence-corrected chi connectivity index (χ4v) is 2.08. The van der Waals surface area contributed by atoms with E-state index in [9.17, 15) is 8.78 Å². The summed E-state index contributed by atoms with van der Waals surface area (Å²) in [5.41, 5.74) is 0.552. The molecular weight excluding hydrogens is 312 g/mol. The summed E-state index contributed by atoms with van der Waals surface area (Å²) in [4.78, 5) is 4.07. The number of rotatable bonds is 6. The minimum absolute atomic E-state index is 0.209. The molecule has 0 spiro atoms. The highest BCUT2D eigenvalue weighted by atomic mass is 19.1. The van der Waals surface area contributed by atoms with Gasteiger partial charge in [0.2, 0.25) is 0 Å². The van der Waals surface area contributed by atoms with Crippen molar-refractivity contribution in [3.05, 3.63) is 65.7 Å². The predicted octanol–water partition coefficient (Wildman–Crippen LogP) is 3.10. The molecule has 6 heteroatoms. The molecule has 2 N–H and O–H groups in total. The van der Waals surface area contributed by atoms with Gasteiger partial charge >= 0.3 is 0 Å². The number of guanidine groups is 1. The van der Waals surface area contributed by atoms with E-state index in [-0.39, 0.29) is 17.7 Å². The Labute approximate surface area is 140 Å². The zero-order valence-corrected chi connectivity index (χ0v) is 13.7. The molecule has 4 nitrogen and oxygen atoms in total. The molecule has 0 aliphatic rings. The average Bonchev–Trinajstić information content (AvgIpc) is 2.58. The normalized spacial score (nSPS) is 12.6. The number of halogens is 2. The summed E-state index contributed by atoms with van der Waals surface area (Å²) in [6.07, 6.45) is -0.270. The maximum atomic E-state index is 13.6. The van der Waals surface area contributed by atoms with Crippen LogP contribution in [0.25, 0.3) is 0 Å². The van der Waals surface area contributed by atoms with Gasteiger partial charge < -0.3 is 15.4 Å². The molecule has 0 saturated heterocycles. The zero-order chi connectivity index (χ0) is 17.4. The molecule has 0 heterocycles. The molecule has 0 amide bonds. The van der Waals surface area contributed by atoms with Crippen molar-refractivity contribution in [2.24, 2.45) is 4.99 Å². The van der Waals surface area contributed by atoms with E-state index in [0.717, 1.165) is 0 Å². The third-order valence-corrected chi connectivity index (χ3v) is 3.35. The van der Waals surface area contributed by atoms with Gasteiger partial charge in [0.1, 0.15) is 11.9 Å². The zero-order valence-electron chi connectivity index (χ0n) is 13.7. The van der Waals surface area contributed by atoms with Crippen LogP contribution < -0.4 is 15.4 Å². The van der Waals surface area contributed by atoms with Crippen LogP contribution in [0.15, 0.2) is 53.5 Å². The molecule has 2 aromatic carbocycles. The van der Waals surface area contributed by atoms with Crippen molar-refractivity contribution in [1.29, 1.82) is 0 Å². The Morgan fingerprint density at radius 2 is 1.71 bits per heavy atom. The fourth-order valence-electron chi connectivity index (χ4n) is 2.08. The van der Waals surface area contributed by atoms with E-state index >= 15 is 0 Å². The smallest absolute Gasteiger partial charge is 0.191 e. The lowest BCUT2D eigenvalue weighted by Crippen LogP contribution is -2.41. The van der Waals surface area contributed by atoms with E-state index in [1.807, 2.05) is 6.92 Å². The van der Waals surface area contributed by atoms with E-state index in [0.29, 0.717) is 24.6 Å². The Kier molecular flexibility index (Phi) is 6.54. The van der Waals surface area contributed by atoms with Crippen molar-refractivity contribution >= 4 is 5.96 Å². The standard InChI is InChI=1S/C18H21F2N3O/c1-13(24-17-10-6-5-9-16(17)20)11-22-18(21-2)23-12-14-7-3-4-8-15(14)19/h3-10,13H,11-12H2,1-2H3,(H2,21,22,23). The van der Waals surface area contributed by atoms with Crippen LogP contribution in [0, 0.1) is 11.6 Å². The molecule has 0 bridgehead atoms. The summed E-state index contributed by atoms with van der Waals surface area (Å²) >= 11 is 0. The van der Waals surface area contributed by atoms with Gasteiger partial charge in [0.15, 0.2) is 17.5 Å². The van der Waals surface area contributed by atoms with Crippen LogP contribution in [-0.2, 0) is 6.54 Å². The lowest BCUT2D eigenvalue weighted by molar-refractivity contribution is 0.214. The second kappa shape index (κ2) is 8.86. The van der Waals surface area contributed by atoms with Crippen molar-refractivity contribution in [1.82, 2.24) is 10.6 Å². The number of nitrogens with zero attached hydrogens (tertiary/aromatic N) is 1. The van der Waals surface area contributed by atoms with Crippen LogP contribution in [0.2, 0.25) is 0 Å². The van der Waals surface area contributed by atoms with Gasteiger partial charge in [0.05, 0.1) is 6.54 Å². The molecule has 1 atom stereocenters. The van der Waals surface area contributed by atoms with Crippen molar-refractivity contribution in [3.8, 4) is 5.75 Å². The summed E-state index contributed by atoms with van der Waals surface area (Å²) in [7, 11) is 1.62. The van der Waals surface area contributed by atoms with Crippen LogP contribution in [0.5, 0.6) is 5.75 Å². The highest BCUT2D eigenvalue weighted by Crippen LogP contribution is 2.16. The van der Waals surface area contributed by atoms with Crippen LogP contribution in [-0.4, -0.2) is 25.7 Å². The number of nitrogens with one attached hydrogen (secondary N) is 2. The van der Waals surface area contributed by atoms with Crippen molar-refractivity contribution in [3.63, 3.8) is 0 Å². The summed E-state index contributed by atoms with van der Waals surface area (Å²) in [6, 6.07) is 12.8. The molecule has 0 fully saturated rings. The highest BCUT2D eigenvalue weighted by molar-refractivity contribution is 5.79. The Bertz CT molecular complexity index is 691. The summed E-state index contributed by atoms with van der Waals surface area (Å²) in [5, 5.41) is 6.09. The topological polar surface area (TPSA) is 45.7 Å². The SMILES string of the molecule is CN=C(NCc1ccccc1F)NCC(C)Oc1ccccc1F. The van der Waals surface area contributed by atoms with E-state index in [1.54, 1.807) is 43.4 Å². The quantitative estimate of drug-likeness (QED) is 0.631. The summed E-state index contributed by atoms with van der Waals surface area (Å²) in [6.45, 7) is 2.56. The van der Waals surface area contributed by atoms with Gasteiger partial charge in [-0.1, -0.05) is 30.3 Å². The monoisotopic (exact) mass is 333 g/mol. The fraction of sp³-hybridized carbons (Fsp3) is 0.278. The molecule has 128 valence electrons. The minimum atomic E-state index is -0.397. The second-order valence-corrected chi connectivity index (χ2v) is 5.26. The van der Waals surface area contributed by atoms with E-state index in [4.69, 9.17) is 4.74 Å². The first-order valence-corrected chi connectivity index (χ1v) is 7.69. The van der Waals surface area contributed by atoms with Crippen LogP contribution in [0.3, 0.4) is 0 Å².